The minimum atomic E-state index is -2.09. The summed E-state index contributed by atoms with van der Waals surface area (Å²) in [5, 5.41) is 0.0977. The van der Waals surface area contributed by atoms with Crippen LogP contribution in [0.25, 0.3) is 0 Å². The van der Waals surface area contributed by atoms with Crippen LogP contribution >= 0.6 is 0 Å². The summed E-state index contributed by atoms with van der Waals surface area (Å²) in [7, 11) is -2.09. The molecule has 1 aliphatic rings. The molecule has 0 aromatic heterocycles. The van der Waals surface area contributed by atoms with Gasteiger partial charge >= 0.3 is 5.97 Å². The van der Waals surface area contributed by atoms with Gasteiger partial charge in [0.05, 0.1) is 0 Å². The largest absolute Gasteiger partial charge is 0.543 e. The molecule has 0 aliphatic heterocycles. The van der Waals surface area contributed by atoms with E-state index in [0.29, 0.717) is 12.5 Å². The topological polar surface area (TPSA) is 35.5 Å². The van der Waals surface area contributed by atoms with Crippen molar-refractivity contribution in [3.63, 3.8) is 0 Å². The van der Waals surface area contributed by atoms with E-state index in [9.17, 15) is 4.79 Å². The molecule has 0 spiro atoms. The predicted molar refractivity (Wildman–Crippen MR) is 166 cm³/mol. The number of esters is 1. The normalized spacial score (nSPS) is 18.7. The second kappa shape index (κ2) is 13.0. The average molecular weight is 541 g/mol. The first-order valence-corrected chi connectivity index (χ1v) is 17.7. The summed E-state index contributed by atoms with van der Waals surface area (Å²) in [5.41, 5.74) is 6.43. The van der Waals surface area contributed by atoms with Gasteiger partial charge in [0.1, 0.15) is 12.4 Å². The van der Waals surface area contributed by atoms with Crippen molar-refractivity contribution in [3.05, 3.63) is 52.6 Å². The van der Waals surface area contributed by atoms with E-state index in [1.165, 1.54) is 66.9 Å². The summed E-state index contributed by atoms with van der Waals surface area (Å²) in [6.45, 7) is 29.3. The fourth-order valence-corrected chi connectivity index (χ4v) is 6.39. The van der Waals surface area contributed by atoms with E-state index in [4.69, 9.17) is 9.16 Å². The van der Waals surface area contributed by atoms with Crippen LogP contribution in [0.2, 0.25) is 18.1 Å². The van der Waals surface area contributed by atoms with Gasteiger partial charge in [-0.1, -0.05) is 91.5 Å². The molecule has 3 nitrogen and oxygen atoms in total. The zero-order chi connectivity index (χ0) is 28.9. The molecule has 0 N–H and O–H groups in total. The number of benzene rings is 1. The second-order valence-electron chi connectivity index (χ2n) is 13.9. The quantitative estimate of drug-likeness (QED) is 0.114. The lowest BCUT2D eigenvalue weighted by Crippen LogP contribution is -2.44. The van der Waals surface area contributed by atoms with Crippen molar-refractivity contribution in [1.29, 1.82) is 0 Å². The highest BCUT2D eigenvalue weighted by molar-refractivity contribution is 6.74. The number of allylic oxidation sites excluding steroid dienone is 2. The Labute approximate surface area is 235 Å². The van der Waals surface area contributed by atoms with Crippen molar-refractivity contribution in [1.82, 2.24) is 0 Å². The van der Waals surface area contributed by atoms with Gasteiger partial charge in [0.15, 0.2) is 0 Å². The van der Waals surface area contributed by atoms with E-state index in [-0.39, 0.29) is 22.3 Å². The molecule has 0 amide bonds. The van der Waals surface area contributed by atoms with Crippen LogP contribution in [0.1, 0.15) is 123 Å². The first-order valence-electron chi connectivity index (χ1n) is 14.8. The predicted octanol–water partition coefficient (Wildman–Crippen LogP) is 10.2. The van der Waals surface area contributed by atoms with Crippen LogP contribution in [-0.2, 0) is 14.9 Å². The zero-order valence-corrected chi connectivity index (χ0v) is 27.5. The molecule has 0 saturated carbocycles. The molecule has 0 saturated heterocycles. The molecule has 4 heteroatoms. The summed E-state index contributed by atoms with van der Waals surface area (Å²) in [6.07, 6.45) is 10.6. The molecule has 0 radical (unpaired) electrons. The Morgan fingerprint density at radius 2 is 1.74 bits per heavy atom. The summed E-state index contributed by atoms with van der Waals surface area (Å²) in [5.74, 6) is 1.32. The number of hydrogen-bond donors (Lipinski definition) is 0. The van der Waals surface area contributed by atoms with Crippen molar-refractivity contribution in [2.75, 3.05) is 6.61 Å². The first kappa shape index (κ1) is 32.4. The lowest BCUT2D eigenvalue weighted by molar-refractivity contribution is -0.140. The number of carbonyl (C=O) groups excluding carboxylic acids is 1. The van der Waals surface area contributed by atoms with Crippen LogP contribution in [-0.4, -0.2) is 20.9 Å². The van der Waals surface area contributed by atoms with Crippen molar-refractivity contribution >= 4 is 14.3 Å². The molecule has 2 rings (SSSR count). The number of hydrogen-bond acceptors (Lipinski definition) is 3. The van der Waals surface area contributed by atoms with E-state index in [2.05, 4.69) is 93.3 Å². The van der Waals surface area contributed by atoms with Crippen molar-refractivity contribution in [2.24, 2.45) is 5.92 Å². The van der Waals surface area contributed by atoms with Gasteiger partial charge in [0.2, 0.25) is 8.32 Å². The van der Waals surface area contributed by atoms with Gasteiger partial charge < -0.3 is 9.16 Å². The Kier molecular flexibility index (Phi) is 11.1. The van der Waals surface area contributed by atoms with Gasteiger partial charge in [0, 0.05) is 18.4 Å². The van der Waals surface area contributed by atoms with Crippen molar-refractivity contribution in [3.8, 4) is 5.75 Å². The Bertz CT molecular complexity index is 1010. The highest BCUT2D eigenvalue weighted by atomic mass is 28.4. The van der Waals surface area contributed by atoms with Crippen molar-refractivity contribution in [2.45, 2.75) is 137 Å². The molecule has 1 aliphatic carbocycles. The van der Waals surface area contributed by atoms with Crippen LogP contribution in [0.5, 0.6) is 5.75 Å². The Hall–Kier alpha value is -1.81. The third-order valence-corrected chi connectivity index (χ3v) is 13.4. The molecule has 0 bridgehead atoms. The molecular formula is C34H56O3Si. The fourth-order valence-electron chi connectivity index (χ4n) is 5.36. The maximum absolute atomic E-state index is 11.5. The minimum absolute atomic E-state index is 0.0826. The molecule has 214 valence electrons. The summed E-state index contributed by atoms with van der Waals surface area (Å²) < 4.78 is 12.6. The van der Waals surface area contributed by atoms with E-state index in [1.54, 1.807) is 0 Å². The average Bonchev–Trinajstić information content (AvgIpc) is 2.79. The number of unbranched alkanes of at least 4 members (excludes halogenated alkanes) is 3. The lowest BCUT2D eigenvalue weighted by Gasteiger charge is -2.40. The third kappa shape index (κ3) is 8.34. The molecule has 38 heavy (non-hydrogen) atoms. The van der Waals surface area contributed by atoms with Gasteiger partial charge in [-0.25, -0.2) is 0 Å². The minimum Gasteiger partial charge on any atom is -0.543 e. The van der Waals surface area contributed by atoms with Gasteiger partial charge in [-0.05, 0) is 85.3 Å². The third-order valence-electron chi connectivity index (χ3n) is 9.01. The zero-order valence-electron chi connectivity index (χ0n) is 26.5. The SMILES string of the molecule is C=C(C)C1CCC(COC(C)=O)=CC1c1c(C)cc(C(C)(C)CCCCCC)cc1O[Si](C)(C)C(C)(C)C. The molecule has 2 unspecified atom stereocenters. The van der Waals surface area contributed by atoms with Crippen LogP contribution < -0.4 is 4.43 Å². The standard InChI is InChI=1S/C34H56O3Si/c1-13-14-15-16-19-34(9,10)28-20-25(4)32(31(22-28)37-38(11,12)33(6,7)8)30-21-27(23-36-26(5)35)17-18-29(30)24(2)3/h20-22,29-30H,2,13-19,23H2,1,3-12H3. The fraction of sp³-hybridized carbons (Fsp3) is 0.676. The van der Waals surface area contributed by atoms with E-state index in [1.807, 2.05) is 0 Å². The maximum atomic E-state index is 11.5. The lowest BCUT2D eigenvalue weighted by atomic mass is 9.71. The summed E-state index contributed by atoms with van der Waals surface area (Å²) >= 11 is 0. The molecule has 1 aromatic carbocycles. The smallest absolute Gasteiger partial charge is 0.302 e. The first-order chi connectivity index (χ1) is 17.5. The Balaban J connectivity index is 2.66. The summed E-state index contributed by atoms with van der Waals surface area (Å²) in [4.78, 5) is 11.5. The highest BCUT2D eigenvalue weighted by Crippen LogP contribution is 2.48. The molecule has 0 heterocycles. The van der Waals surface area contributed by atoms with Crippen LogP contribution in [0.4, 0.5) is 0 Å². The molecule has 1 aromatic rings. The summed E-state index contributed by atoms with van der Waals surface area (Å²) in [6, 6.07) is 4.78. The van der Waals surface area contributed by atoms with Crippen molar-refractivity contribution < 1.29 is 14.0 Å². The second-order valence-corrected chi connectivity index (χ2v) is 18.6. The van der Waals surface area contributed by atoms with Gasteiger partial charge in [-0.3, -0.25) is 4.79 Å². The van der Waals surface area contributed by atoms with Gasteiger partial charge in [0.25, 0.3) is 0 Å². The highest BCUT2D eigenvalue weighted by Gasteiger charge is 2.41. The van der Waals surface area contributed by atoms with Crippen LogP contribution in [0, 0.1) is 12.8 Å². The number of ether oxygens (including phenoxy) is 1. The molecule has 0 fully saturated rings. The van der Waals surface area contributed by atoms with E-state index in [0.717, 1.165) is 18.6 Å². The van der Waals surface area contributed by atoms with Gasteiger partial charge in [-0.15, -0.1) is 0 Å². The Morgan fingerprint density at radius 1 is 1.08 bits per heavy atom. The number of aryl methyl sites for hydroxylation is 1. The number of rotatable bonds is 12. The van der Waals surface area contributed by atoms with Crippen LogP contribution in [0.3, 0.4) is 0 Å². The maximum Gasteiger partial charge on any atom is 0.302 e. The van der Waals surface area contributed by atoms with Crippen LogP contribution in [0.15, 0.2) is 35.9 Å². The van der Waals surface area contributed by atoms with Gasteiger partial charge in [-0.2, -0.15) is 0 Å². The molecular weight excluding hydrogens is 484 g/mol. The van der Waals surface area contributed by atoms with E-state index >= 15 is 0 Å². The monoisotopic (exact) mass is 540 g/mol. The Morgan fingerprint density at radius 3 is 2.29 bits per heavy atom. The van der Waals surface area contributed by atoms with E-state index < -0.39 is 8.32 Å². The molecule has 2 atom stereocenters. The number of carbonyl (C=O) groups is 1.